The fourth-order valence-electron chi connectivity index (χ4n) is 0.625. The van der Waals surface area contributed by atoms with Crippen LogP contribution in [-0.2, 0) is 0 Å². The van der Waals surface area contributed by atoms with Gasteiger partial charge in [-0.05, 0) is 6.07 Å². The van der Waals surface area contributed by atoms with Crippen LogP contribution in [0, 0.1) is 17.3 Å². The Morgan fingerprint density at radius 3 is 2.80 bits per heavy atom. The van der Waals surface area contributed by atoms with Gasteiger partial charge < -0.3 is 5.73 Å². The Morgan fingerprint density at radius 1 is 1.70 bits per heavy atom. The summed E-state index contributed by atoms with van der Waals surface area (Å²) in [6, 6.07) is 6.75. The zero-order valence-electron chi connectivity index (χ0n) is 5.19. The third kappa shape index (κ3) is 1.13. The summed E-state index contributed by atoms with van der Waals surface area (Å²) in [6.45, 7) is 0. The van der Waals surface area contributed by atoms with Crippen LogP contribution in [0.2, 0.25) is 0 Å². The molecule has 0 saturated carbocycles. The van der Waals surface area contributed by atoms with Crippen molar-refractivity contribution >= 4 is 5.84 Å². The Kier molecular flexibility index (Phi) is 1.67. The summed E-state index contributed by atoms with van der Waals surface area (Å²) in [6.07, 6.45) is 0. The molecule has 0 aromatic heterocycles. The Balaban J connectivity index is 3.15. The van der Waals surface area contributed by atoms with E-state index in [-0.39, 0.29) is 11.4 Å². The number of halogens is 1. The minimum atomic E-state index is -0.574. The van der Waals surface area contributed by atoms with Gasteiger partial charge >= 0.3 is 0 Å². The first-order valence-corrected chi connectivity index (χ1v) is 2.72. The number of nitrogens with one attached hydrogen (secondary N) is 1. The van der Waals surface area contributed by atoms with Gasteiger partial charge in [-0.15, -0.1) is 0 Å². The molecule has 0 aliphatic heterocycles. The van der Waals surface area contributed by atoms with Crippen LogP contribution in [0.4, 0.5) is 4.39 Å². The average Bonchev–Trinajstić information content (AvgIpc) is 1.88. The van der Waals surface area contributed by atoms with Crippen LogP contribution in [0.5, 0.6) is 0 Å². The molecule has 1 aromatic rings. The Hall–Kier alpha value is -1.38. The van der Waals surface area contributed by atoms with E-state index in [0.29, 0.717) is 0 Å². The Labute approximate surface area is 58.0 Å². The predicted molar refractivity (Wildman–Crippen MR) is 36.3 cm³/mol. The fourth-order valence-corrected chi connectivity index (χ4v) is 0.625. The summed E-state index contributed by atoms with van der Waals surface area (Å²) < 4.78 is 12.6. The van der Waals surface area contributed by atoms with E-state index in [1.54, 1.807) is 6.07 Å². The number of nitrogen functional groups attached to an aromatic ring is 1. The second-order valence-corrected chi connectivity index (χ2v) is 1.81. The first kappa shape index (κ1) is 6.74. The molecule has 0 aliphatic rings. The highest BCUT2D eigenvalue weighted by molar-refractivity contribution is 5.95. The van der Waals surface area contributed by atoms with Gasteiger partial charge in [0.25, 0.3) is 0 Å². The van der Waals surface area contributed by atoms with E-state index in [2.05, 4.69) is 6.07 Å². The van der Waals surface area contributed by atoms with E-state index in [4.69, 9.17) is 11.1 Å². The summed E-state index contributed by atoms with van der Waals surface area (Å²) in [5.74, 6) is -0.843. The molecule has 0 heterocycles. The third-order valence-corrected chi connectivity index (χ3v) is 1.10. The second kappa shape index (κ2) is 2.47. The van der Waals surface area contributed by atoms with Gasteiger partial charge in [0.1, 0.15) is 11.7 Å². The van der Waals surface area contributed by atoms with E-state index in [1.807, 2.05) is 0 Å². The lowest BCUT2D eigenvalue weighted by molar-refractivity contribution is 0.622. The summed E-state index contributed by atoms with van der Waals surface area (Å²) in [4.78, 5) is 0. The van der Waals surface area contributed by atoms with Crippen molar-refractivity contribution in [1.29, 1.82) is 5.41 Å². The lowest BCUT2D eigenvalue weighted by Crippen LogP contribution is -2.12. The van der Waals surface area contributed by atoms with Crippen LogP contribution >= 0.6 is 0 Å². The van der Waals surface area contributed by atoms with E-state index in [1.165, 1.54) is 12.1 Å². The van der Waals surface area contributed by atoms with Crippen LogP contribution in [0.25, 0.3) is 0 Å². The summed E-state index contributed by atoms with van der Waals surface area (Å²) in [5, 5.41) is 6.89. The number of rotatable bonds is 1. The largest absolute Gasteiger partial charge is 0.384 e. The maximum Gasteiger partial charge on any atom is 0.142 e. The lowest BCUT2D eigenvalue weighted by atomic mass is 10.2. The predicted octanol–water partition coefficient (Wildman–Crippen LogP) is 0.910. The van der Waals surface area contributed by atoms with Crippen molar-refractivity contribution in [2.45, 2.75) is 0 Å². The smallest absolute Gasteiger partial charge is 0.142 e. The SMILES string of the molecule is N=C(N)c1ccc[c]c1F. The minimum absolute atomic E-state index is 0.0995. The standard InChI is InChI=1S/C7H6FN2/c8-6-4-2-1-3-5(6)7(9)10/h1-3H,(H3,9,10). The van der Waals surface area contributed by atoms with E-state index in [9.17, 15) is 4.39 Å². The molecule has 0 fully saturated rings. The average molecular weight is 137 g/mol. The van der Waals surface area contributed by atoms with Gasteiger partial charge in [-0.2, -0.15) is 0 Å². The van der Waals surface area contributed by atoms with Gasteiger partial charge in [0, 0.05) is 6.07 Å². The summed E-state index contributed by atoms with van der Waals surface area (Å²) >= 11 is 0. The van der Waals surface area contributed by atoms with Crippen LogP contribution in [0.3, 0.4) is 0 Å². The fraction of sp³-hybridized carbons (Fsp3) is 0. The van der Waals surface area contributed by atoms with Crippen molar-refractivity contribution in [2.75, 3.05) is 0 Å². The molecule has 0 aliphatic carbocycles. The van der Waals surface area contributed by atoms with Crippen molar-refractivity contribution in [3.05, 3.63) is 35.6 Å². The molecule has 0 saturated heterocycles. The highest BCUT2D eigenvalue weighted by Crippen LogP contribution is 2.03. The molecule has 0 bridgehead atoms. The molecule has 10 heavy (non-hydrogen) atoms. The molecule has 0 spiro atoms. The summed E-state index contributed by atoms with van der Waals surface area (Å²) in [7, 11) is 0. The first-order chi connectivity index (χ1) is 4.72. The van der Waals surface area contributed by atoms with Crippen LogP contribution < -0.4 is 5.73 Å². The lowest BCUT2D eigenvalue weighted by Gasteiger charge is -1.96. The quantitative estimate of drug-likeness (QED) is 0.438. The number of amidine groups is 1. The van der Waals surface area contributed by atoms with Crippen molar-refractivity contribution in [2.24, 2.45) is 5.73 Å². The molecule has 3 heteroatoms. The molecule has 0 atom stereocenters. The van der Waals surface area contributed by atoms with Crippen molar-refractivity contribution in [3.63, 3.8) is 0 Å². The van der Waals surface area contributed by atoms with Gasteiger partial charge in [-0.1, -0.05) is 12.1 Å². The summed E-state index contributed by atoms with van der Waals surface area (Å²) in [5.41, 5.74) is 5.14. The Morgan fingerprint density at radius 2 is 2.40 bits per heavy atom. The second-order valence-electron chi connectivity index (χ2n) is 1.81. The maximum absolute atomic E-state index is 12.6. The molecule has 0 unspecified atom stereocenters. The molecule has 51 valence electrons. The van der Waals surface area contributed by atoms with Gasteiger partial charge in [-0.25, -0.2) is 4.39 Å². The Bertz CT molecular complexity index is 258. The topological polar surface area (TPSA) is 49.9 Å². The highest BCUT2D eigenvalue weighted by Gasteiger charge is 2.01. The minimum Gasteiger partial charge on any atom is -0.384 e. The van der Waals surface area contributed by atoms with E-state index in [0.717, 1.165) is 0 Å². The van der Waals surface area contributed by atoms with Gasteiger partial charge in [0.15, 0.2) is 0 Å². The van der Waals surface area contributed by atoms with Crippen LogP contribution in [-0.4, -0.2) is 5.84 Å². The molecule has 3 N–H and O–H groups in total. The van der Waals surface area contributed by atoms with Gasteiger partial charge in [0.2, 0.25) is 0 Å². The first-order valence-electron chi connectivity index (χ1n) is 2.72. The molecular formula is C7H6FN2. The maximum atomic E-state index is 12.6. The number of nitrogens with two attached hydrogens (primary N) is 1. The van der Waals surface area contributed by atoms with Crippen LogP contribution in [0.15, 0.2) is 18.2 Å². The van der Waals surface area contributed by atoms with Crippen LogP contribution in [0.1, 0.15) is 5.56 Å². The van der Waals surface area contributed by atoms with Crippen molar-refractivity contribution in [1.82, 2.24) is 0 Å². The highest BCUT2D eigenvalue weighted by atomic mass is 19.1. The zero-order chi connectivity index (χ0) is 7.56. The number of hydrogen-bond acceptors (Lipinski definition) is 1. The molecular weight excluding hydrogens is 131 g/mol. The van der Waals surface area contributed by atoms with Gasteiger partial charge in [-0.3, -0.25) is 5.41 Å². The molecule has 1 aromatic carbocycles. The monoisotopic (exact) mass is 137 g/mol. The zero-order valence-corrected chi connectivity index (χ0v) is 5.19. The molecule has 1 radical (unpaired) electrons. The molecule has 0 amide bonds. The van der Waals surface area contributed by atoms with Crippen molar-refractivity contribution in [3.8, 4) is 0 Å². The van der Waals surface area contributed by atoms with E-state index >= 15 is 0 Å². The molecule has 2 nitrogen and oxygen atoms in total. The molecule has 1 rings (SSSR count). The number of benzene rings is 1. The number of hydrogen-bond donors (Lipinski definition) is 2. The van der Waals surface area contributed by atoms with E-state index < -0.39 is 5.82 Å². The van der Waals surface area contributed by atoms with Crippen molar-refractivity contribution < 1.29 is 4.39 Å². The normalized spacial score (nSPS) is 9.30. The van der Waals surface area contributed by atoms with Gasteiger partial charge in [0.05, 0.1) is 5.56 Å². The third-order valence-electron chi connectivity index (χ3n) is 1.10.